The Labute approximate surface area is 83.1 Å². The van der Waals surface area contributed by atoms with Gasteiger partial charge in [-0.3, -0.25) is 0 Å². The van der Waals surface area contributed by atoms with E-state index < -0.39 is 0 Å². The summed E-state index contributed by atoms with van der Waals surface area (Å²) in [5.41, 5.74) is 0. The summed E-state index contributed by atoms with van der Waals surface area (Å²) in [4.78, 5) is 0. The molecule has 0 atom stereocenters. The van der Waals surface area contributed by atoms with Crippen molar-refractivity contribution in [2.75, 3.05) is 0 Å². The van der Waals surface area contributed by atoms with Crippen molar-refractivity contribution in [3.63, 3.8) is 0 Å². The fourth-order valence-electron chi connectivity index (χ4n) is 2.93. The number of rotatable bonds is 1. The minimum atomic E-state index is 1.02. The number of hydrogen-bond donors (Lipinski definition) is 0. The van der Waals surface area contributed by atoms with Crippen LogP contribution in [0.1, 0.15) is 64.2 Å². The van der Waals surface area contributed by atoms with Crippen molar-refractivity contribution in [3.05, 3.63) is 12.3 Å². The maximum Gasteiger partial charge on any atom is -0.0210 e. The molecule has 2 saturated carbocycles. The van der Waals surface area contributed by atoms with E-state index in [1.54, 1.807) is 0 Å². The summed E-state index contributed by atoms with van der Waals surface area (Å²) in [6, 6.07) is 0. The van der Waals surface area contributed by atoms with Crippen LogP contribution in [0, 0.1) is 18.3 Å². The largest absolute Gasteiger partial charge is 0.0533 e. The van der Waals surface area contributed by atoms with Crippen LogP contribution in [0.25, 0.3) is 0 Å². The molecule has 2 rings (SSSR count). The molecule has 0 aliphatic heterocycles. The van der Waals surface area contributed by atoms with Crippen LogP contribution in [0.2, 0.25) is 0 Å². The highest BCUT2D eigenvalue weighted by Crippen LogP contribution is 2.38. The maximum absolute atomic E-state index is 2.48. The van der Waals surface area contributed by atoms with Crippen molar-refractivity contribution in [2.24, 2.45) is 5.92 Å². The highest BCUT2D eigenvalue weighted by Gasteiger charge is 2.24. The Morgan fingerprint density at radius 2 is 1.46 bits per heavy atom. The topological polar surface area (TPSA) is 0 Å². The first-order valence-electron chi connectivity index (χ1n) is 6.13. The molecule has 0 bridgehead atoms. The van der Waals surface area contributed by atoms with Gasteiger partial charge >= 0.3 is 0 Å². The Balaban J connectivity index is 1.82. The molecule has 2 radical (unpaired) electrons. The molecular formula is C13H22. The third-order valence-electron chi connectivity index (χ3n) is 3.76. The molecule has 2 fully saturated rings. The second kappa shape index (κ2) is 5.02. The van der Waals surface area contributed by atoms with Gasteiger partial charge in [0.15, 0.2) is 0 Å². The molecule has 2 aliphatic carbocycles. The van der Waals surface area contributed by atoms with Crippen LogP contribution in [-0.4, -0.2) is 0 Å². The summed E-state index contributed by atoms with van der Waals surface area (Å²) in [5, 5.41) is 0. The highest BCUT2D eigenvalue weighted by molar-refractivity contribution is 5.00. The molecule has 0 heteroatoms. The smallest absolute Gasteiger partial charge is 0.0210 e. The first-order valence-corrected chi connectivity index (χ1v) is 6.13. The summed E-state index contributed by atoms with van der Waals surface area (Å²) in [7, 11) is 0. The van der Waals surface area contributed by atoms with Crippen molar-refractivity contribution in [1.29, 1.82) is 0 Å². The Kier molecular flexibility index (Phi) is 3.69. The predicted molar refractivity (Wildman–Crippen MR) is 57.2 cm³/mol. The second-order valence-electron chi connectivity index (χ2n) is 4.71. The Bertz CT molecular complexity index is 125. The lowest BCUT2D eigenvalue weighted by molar-refractivity contribution is 0.386. The van der Waals surface area contributed by atoms with Gasteiger partial charge in [-0.1, -0.05) is 25.7 Å². The zero-order valence-corrected chi connectivity index (χ0v) is 8.73. The molecule has 0 amide bonds. The normalized spacial score (nSPS) is 28.6. The van der Waals surface area contributed by atoms with Crippen molar-refractivity contribution in [2.45, 2.75) is 64.2 Å². The van der Waals surface area contributed by atoms with E-state index in [1.807, 2.05) is 5.92 Å². The van der Waals surface area contributed by atoms with Crippen LogP contribution in [0.4, 0.5) is 0 Å². The molecule has 0 unspecified atom stereocenters. The summed E-state index contributed by atoms with van der Waals surface area (Å²) in [6.07, 6.45) is 17.0. The molecule has 0 aromatic carbocycles. The van der Waals surface area contributed by atoms with Gasteiger partial charge in [0.2, 0.25) is 0 Å². The average molecular weight is 178 g/mol. The van der Waals surface area contributed by atoms with Gasteiger partial charge in [-0.25, -0.2) is 0 Å². The molecule has 0 aromatic rings. The van der Waals surface area contributed by atoms with E-state index in [4.69, 9.17) is 0 Å². The predicted octanol–water partition coefficient (Wildman–Crippen LogP) is 4.31. The summed E-state index contributed by atoms with van der Waals surface area (Å²) < 4.78 is 0. The Morgan fingerprint density at radius 1 is 0.846 bits per heavy atom. The molecule has 74 valence electrons. The number of hydrogen-bond acceptors (Lipinski definition) is 0. The van der Waals surface area contributed by atoms with Gasteiger partial charge in [0.05, 0.1) is 0 Å². The lowest BCUT2D eigenvalue weighted by Gasteiger charge is -2.28. The maximum atomic E-state index is 2.48. The molecular weight excluding hydrogens is 156 g/mol. The molecule has 0 nitrogen and oxygen atoms in total. The Morgan fingerprint density at radius 3 is 2.08 bits per heavy atom. The average Bonchev–Trinajstić information content (AvgIpc) is 2.47. The third-order valence-corrected chi connectivity index (χ3v) is 3.76. The monoisotopic (exact) mass is 178 g/mol. The molecule has 13 heavy (non-hydrogen) atoms. The standard InChI is InChI=1S/C13H22/c1-2-5-9-12(8-4-1)13-10-6-3-7-11-13/h3,13H,1-2,4-11H2. The zero-order valence-electron chi connectivity index (χ0n) is 8.73. The fourth-order valence-corrected chi connectivity index (χ4v) is 2.93. The van der Waals surface area contributed by atoms with Crippen molar-refractivity contribution in [3.8, 4) is 0 Å². The van der Waals surface area contributed by atoms with Gasteiger partial charge in [0.1, 0.15) is 0 Å². The van der Waals surface area contributed by atoms with Gasteiger partial charge in [-0.05, 0) is 56.8 Å². The van der Waals surface area contributed by atoms with Crippen LogP contribution in [0.15, 0.2) is 0 Å². The summed E-state index contributed by atoms with van der Waals surface area (Å²) in [6.45, 7) is 0. The molecule has 0 N–H and O–H groups in total. The summed E-state index contributed by atoms with van der Waals surface area (Å²) in [5.74, 6) is 2.95. The van der Waals surface area contributed by atoms with Crippen LogP contribution in [0.3, 0.4) is 0 Å². The third kappa shape index (κ3) is 2.72. The second-order valence-corrected chi connectivity index (χ2v) is 4.71. The van der Waals surface area contributed by atoms with Crippen LogP contribution >= 0.6 is 0 Å². The first-order chi connectivity index (χ1) is 6.47. The van der Waals surface area contributed by atoms with Gasteiger partial charge in [0.25, 0.3) is 0 Å². The van der Waals surface area contributed by atoms with E-state index in [0.29, 0.717) is 0 Å². The van der Waals surface area contributed by atoms with Crippen molar-refractivity contribution in [1.82, 2.24) is 0 Å². The van der Waals surface area contributed by atoms with Gasteiger partial charge in [0, 0.05) is 0 Å². The molecule has 0 heterocycles. The van der Waals surface area contributed by atoms with Gasteiger partial charge in [-0.2, -0.15) is 0 Å². The van der Waals surface area contributed by atoms with E-state index in [0.717, 1.165) is 5.92 Å². The van der Waals surface area contributed by atoms with E-state index in [1.165, 1.54) is 64.2 Å². The molecule has 2 aliphatic rings. The lowest BCUT2D eigenvalue weighted by atomic mass is 9.77. The van der Waals surface area contributed by atoms with Crippen LogP contribution in [-0.2, 0) is 0 Å². The first kappa shape index (κ1) is 9.55. The Hall–Kier alpha value is 0. The van der Waals surface area contributed by atoms with Gasteiger partial charge < -0.3 is 0 Å². The quantitative estimate of drug-likeness (QED) is 0.525. The van der Waals surface area contributed by atoms with Crippen LogP contribution in [0.5, 0.6) is 0 Å². The molecule has 0 spiro atoms. The highest BCUT2D eigenvalue weighted by atomic mass is 14.3. The summed E-state index contributed by atoms with van der Waals surface area (Å²) >= 11 is 0. The minimum Gasteiger partial charge on any atom is -0.0533 e. The molecule has 0 aromatic heterocycles. The van der Waals surface area contributed by atoms with E-state index >= 15 is 0 Å². The van der Waals surface area contributed by atoms with Crippen molar-refractivity contribution < 1.29 is 0 Å². The van der Waals surface area contributed by atoms with Crippen LogP contribution < -0.4 is 0 Å². The zero-order chi connectivity index (χ0) is 8.93. The SMILES string of the molecule is [CH]1CCC([C]2CCCCCC2)CC1. The minimum absolute atomic E-state index is 1.02. The van der Waals surface area contributed by atoms with Crippen molar-refractivity contribution >= 4 is 0 Å². The lowest BCUT2D eigenvalue weighted by Crippen LogP contribution is -2.15. The van der Waals surface area contributed by atoms with E-state index in [9.17, 15) is 0 Å². The van der Waals surface area contributed by atoms with Gasteiger partial charge in [-0.15, -0.1) is 0 Å². The van der Waals surface area contributed by atoms with E-state index in [-0.39, 0.29) is 0 Å². The molecule has 0 saturated heterocycles. The fraction of sp³-hybridized carbons (Fsp3) is 0.846. The van der Waals surface area contributed by atoms with E-state index in [2.05, 4.69) is 6.42 Å².